The van der Waals surface area contributed by atoms with Crippen LogP contribution in [0.5, 0.6) is 0 Å². The Bertz CT molecular complexity index is 2170. The van der Waals surface area contributed by atoms with Crippen LogP contribution >= 0.6 is 0 Å². The maximum atomic E-state index is 13.7. The Balaban J connectivity index is 0.00000384. The molecule has 0 saturated carbocycles. The number of hydrogen-bond donors (Lipinski definition) is 0. The number of carboxylic acids is 2. The zero-order valence-corrected chi connectivity index (χ0v) is 25.8. The molecule has 0 amide bonds. The molecule has 0 spiro atoms. The number of carbonyl (C=O) groups is 3. The van der Waals surface area contributed by atoms with Crippen molar-refractivity contribution in [3.63, 3.8) is 0 Å². The molecule has 4 aromatic rings. The van der Waals surface area contributed by atoms with Gasteiger partial charge in [-0.25, -0.2) is 0 Å². The van der Waals surface area contributed by atoms with Gasteiger partial charge in [-0.15, -0.1) is 44.2 Å². The van der Waals surface area contributed by atoms with Crippen LogP contribution in [-0.4, -0.2) is 17.7 Å². The number of carboxylic acid groups (broad SMARTS) is 2. The van der Waals surface area contributed by atoms with E-state index in [2.05, 4.69) is 6.58 Å². The number of fused-ring (bicyclic) bond motifs is 8. The van der Waals surface area contributed by atoms with Crippen molar-refractivity contribution in [3.8, 4) is 0 Å². The van der Waals surface area contributed by atoms with Gasteiger partial charge in [0.15, 0.2) is 5.78 Å². The first kappa shape index (κ1) is 30.9. The summed E-state index contributed by atoms with van der Waals surface area (Å²) >= 11 is 0. The first-order chi connectivity index (χ1) is 20.5. The first-order valence-corrected chi connectivity index (χ1v) is 14.1. The summed E-state index contributed by atoms with van der Waals surface area (Å²) in [5, 5.41) is 26.0. The molecule has 231 valence electrons. The van der Waals surface area contributed by atoms with Crippen LogP contribution in [-0.2, 0) is 39.5 Å². The predicted octanol–water partition coefficient (Wildman–Crippen LogP) is -1.80. The number of hydrogen-bond acceptors (Lipinski definition) is 5. The topological polar surface area (TPSA) is 154 Å². The Morgan fingerprint density at radius 3 is 2.09 bits per heavy atom. The molecule has 10 heteroatoms. The molecule has 44 heavy (non-hydrogen) atoms. The third-order valence-corrected chi connectivity index (χ3v) is 8.78. The molecule has 1 radical (unpaired) electrons. The van der Waals surface area contributed by atoms with Crippen LogP contribution in [0.3, 0.4) is 0 Å². The van der Waals surface area contributed by atoms with E-state index in [1.807, 2.05) is 32.9 Å². The van der Waals surface area contributed by atoms with Crippen LogP contribution in [0.25, 0.3) is 29.9 Å². The Kier molecular flexibility index (Phi) is 7.86. The predicted molar refractivity (Wildman–Crippen MR) is 155 cm³/mol. The fourth-order valence-corrected chi connectivity index (χ4v) is 6.42. The zero-order valence-electron chi connectivity index (χ0n) is 24.8. The van der Waals surface area contributed by atoms with E-state index in [1.54, 1.807) is 26.0 Å². The van der Waals surface area contributed by atoms with Crippen LogP contribution in [0.15, 0.2) is 6.58 Å². The maximum absolute atomic E-state index is 13.7. The fraction of sp³-hybridized carbons (Fsp3) is 0.265. The molecule has 8 bridgehead atoms. The molecule has 1 unspecified atom stereocenters. The van der Waals surface area contributed by atoms with E-state index in [1.165, 1.54) is 0 Å². The summed E-state index contributed by atoms with van der Waals surface area (Å²) in [6, 6.07) is 0. The summed E-state index contributed by atoms with van der Waals surface area (Å²) in [7, 11) is 0. The molecule has 5 heterocycles. The van der Waals surface area contributed by atoms with E-state index in [0.29, 0.717) is 50.5 Å². The van der Waals surface area contributed by atoms with Gasteiger partial charge < -0.3 is 39.7 Å². The molecule has 0 aromatic carbocycles. The van der Waals surface area contributed by atoms with Crippen LogP contribution in [0.2, 0.25) is 0 Å². The molecule has 1 aliphatic heterocycles. The van der Waals surface area contributed by atoms with E-state index in [-0.39, 0.29) is 52.1 Å². The summed E-state index contributed by atoms with van der Waals surface area (Å²) < 4.78 is 0. The zero-order chi connectivity index (χ0) is 30.9. The van der Waals surface area contributed by atoms with Gasteiger partial charge >= 0.3 is 0 Å². The van der Waals surface area contributed by atoms with Crippen molar-refractivity contribution in [2.24, 2.45) is 5.92 Å². The molecule has 0 saturated heterocycles. The maximum Gasteiger partial charge on any atom is 0.174 e. The molecule has 9 nitrogen and oxygen atoms in total. The van der Waals surface area contributed by atoms with Crippen molar-refractivity contribution >= 4 is 47.6 Å². The number of rotatable bonds is 6. The van der Waals surface area contributed by atoms with Crippen LogP contribution < -0.4 is 51.5 Å². The van der Waals surface area contributed by atoms with Gasteiger partial charge in [-0.2, -0.15) is 0 Å². The Labute approximate surface area is 263 Å². The van der Waals surface area contributed by atoms with Crippen molar-refractivity contribution in [2.75, 3.05) is 0 Å². The largest absolute Gasteiger partial charge is 0.657 e. The number of ketones is 1. The molecule has 4 aromatic heterocycles. The molecule has 2 aliphatic rings. The summed E-state index contributed by atoms with van der Waals surface area (Å²) in [5.41, 5.74) is 7.94. The van der Waals surface area contributed by atoms with E-state index in [0.717, 1.165) is 27.9 Å². The Morgan fingerprint density at radius 1 is 0.841 bits per heavy atom. The van der Waals surface area contributed by atoms with E-state index < -0.39 is 23.6 Å². The van der Waals surface area contributed by atoms with Crippen LogP contribution in [0, 0.1) is 33.6 Å². The number of nitrogens with zero attached hydrogens (tertiary/aromatic N) is 4. The summed E-state index contributed by atoms with van der Waals surface area (Å²) in [6.45, 7) is 13.5. The second kappa shape index (κ2) is 11.2. The van der Waals surface area contributed by atoms with Gasteiger partial charge in [0, 0.05) is 28.6 Å². The second-order valence-electron chi connectivity index (χ2n) is 11.1. The smallest absolute Gasteiger partial charge is 0.174 e. The monoisotopic (exact) mass is 635 g/mol. The third-order valence-electron chi connectivity index (χ3n) is 8.78. The minimum Gasteiger partial charge on any atom is -0.657 e. The molecular formula is C34H28CuN4O5-6. The Hall–Kier alpha value is -4.53. The minimum absolute atomic E-state index is 0. The average molecular weight is 636 g/mol. The van der Waals surface area contributed by atoms with Gasteiger partial charge in [-0.1, -0.05) is 76.8 Å². The molecule has 1 atom stereocenters. The van der Waals surface area contributed by atoms with Crippen molar-refractivity contribution in [1.82, 2.24) is 19.9 Å². The summed E-state index contributed by atoms with van der Waals surface area (Å²) in [4.78, 5) is 57.1. The average Bonchev–Trinajstić information content (AvgIpc) is 3.68. The van der Waals surface area contributed by atoms with Crippen molar-refractivity contribution < 1.29 is 41.7 Å². The Morgan fingerprint density at radius 2 is 1.45 bits per heavy atom. The summed E-state index contributed by atoms with van der Waals surface area (Å²) in [6.07, 6.45) is 7.72. The third kappa shape index (κ3) is 4.57. The second-order valence-corrected chi connectivity index (χ2v) is 11.1. The quantitative estimate of drug-likeness (QED) is 0.176. The van der Waals surface area contributed by atoms with Gasteiger partial charge in [-0.05, 0) is 52.5 Å². The standard InChI is InChI=1S/C34H33N4O5.Cu/c1-7-18-14(3)21-11-23-16(5)20(9-10-27(39)40)31(37-23)29-30(34(42)43)33(41)28-17(6)24(38-32(28)29)13-26-19(8-2)15(4)22(36-26)12-25(18)35-21;/h7,11-13,30H,1,8-10H2,2-6H3,(H5-,35,36,37,38,39,40,41,42,43);/q-1;/p-5. The molecule has 0 N–H and O–H groups in total. The van der Waals surface area contributed by atoms with Gasteiger partial charge in [0.25, 0.3) is 0 Å². The van der Waals surface area contributed by atoms with E-state index in [4.69, 9.17) is 19.9 Å². The SMILES string of the molecule is C=Cc1c(C)c2[n-]c1=Cc1[n-]c(c(CC)c1C)C=c1[n-]c3c(c1C)C(=O)C(C(=O)[O-])C=3c1[n-]c(c(C)c1CCC(=O)[O-])C=2.[Cu]. The molecule has 0 fully saturated rings. The first-order valence-electron chi connectivity index (χ1n) is 14.1. The van der Waals surface area contributed by atoms with Crippen LogP contribution in [0.4, 0.5) is 0 Å². The van der Waals surface area contributed by atoms with Crippen molar-refractivity contribution in [3.05, 3.63) is 95.3 Å². The van der Waals surface area contributed by atoms with Gasteiger partial charge in [-0.3, -0.25) is 4.79 Å². The van der Waals surface area contributed by atoms with E-state index in [9.17, 15) is 24.6 Å². The van der Waals surface area contributed by atoms with Gasteiger partial charge in [0.2, 0.25) is 0 Å². The number of Topliss-reactive ketones (excluding diaryl/α,β-unsaturated/α-hetero) is 1. The molecule has 1 aliphatic carbocycles. The van der Waals surface area contributed by atoms with Crippen molar-refractivity contribution in [2.45, 2.75) is 53.9 Å². The van der Waals surface area contributed by atoms with Gasteiger partial charge in [0.1, 0.15) is 0 Å². The van der Waals surface area contributed by atoms with Gasteiger partial charge in [0.05, 0.1) is 11.9 Å². The summed E-state index contributed by atoms with van der Waals surface area (Å²) in [5.74, 6) is -5.08. The van der Waals surface area contributed by atoms with Crippen LogP contribution in [0.1, 0.15) is 85.4 Å². The normalized spacial score (nSPS) is 14.9. The molecular weight excluding hydrogens is 608 g/mol. The minimum atomic E-state index is -1.63. The fourth-order valence-electron chi connectivity index (χ4n) is 6.42. The molecule has 6 rings (SSSR count). The number of carbonyl (C=O) groups excluding carboxylic acids is 3. The number of aliphatic carboxylic acids is 2. The van der Waals surface area contributed by atoms with Crippen molar-refractivity contribution in [1.29, 1.82) is 0 Å². The number of aromatic nitrogens is 4. The van der Waals surface area contributed by atoms with E-state index >= 15 is 0 Å².